The number of carbonyl (C=O) groups excluding carboxylic acids is 1. The van der Waals surface area contributed by atoms with Crippen molar-refractivity contribution in [2.24, 2.45) is 11.8 Å². The van der Waals surface area contributed by atoms with Crippen molar-refractivity contribution in [2.75, 3.05) is 31.6 Å². The Morgan fingerprint density at radius 3 is 2.85 bits per heavy atom. The molecule has 1 amide bonds. The maximum Gasteiger partial charge on any atom is 0.228 e. The summed E-state index contributed by atoms with van der Waals surface area (Å²) in [6, 6.07) is 5.52. The molecule has 1 saturated heterocycles. The number of ether oxygens (including phenoxy) is 2. The second-order valence-electron chi connectivity index (χ2n) is 5.54. The molecule has 1 aromatic rings. The molecule has 5 nitrogen and oxygen atoms in total. The second-order valence-corrected chi connectivity index (χ2v) is 5.54. The molecule has 0 radical (unpaired) electrons. The van der Waals surface area contributed by atoms with Gasteiger partial charge in [-0.15, -0.1) is 0 Å². The van der Waals surface area contributed by atoms with Crippen LogP contribution in [0.15, 0.2) is 18.2 Å². The third-order valence-corrected chi connectivity index (χ3v) is 3.75. The first-order valence-corrected chi connectivity index (χ1v) is 7.13. The topological polar surface area (TPSA) is 59.6 Å². The number of hydrogen-bond acceptors (Lipinski definition) is 4. The number of rotatable bonds is 2. The Morgan fingerprint density at radius 2 is 2.05 bits per heavy atom. The van der Waals surface area contributed by atoms with Crippen LogP contribution in [0.25, 0.3) is 0 Å². The number of amides is 1. The summed E-state index contributed by atoms with van der Waals surface area (Å²) in [7, 11) is 0. The van der Waals surface area contributed by atoms with E-state index in [0.29, 0.717) is 24.9 Å². The van der Waals surface area contributed by atoms with Crippen LogP contribution in [0.2, 0.25) is 0 Å². The van der Waals surface area contributed by atoms with Gasteiger partial charge in [-0.1, -0.05) is 6.92 Å². The molecule has 0 saturated carbocycles. The summed E-state index contributed by atoms with van der Waals surface area (Å²) in [6.45, 7) is 5.03. The van der Waals surface area contributed by atoms with Crippen LogP contribution in [-0.4, -0.2) is 32.2 Å². The molecule has 3 rings (SSSR count). The first-order valence-electron chi connectivity index (χ1n) is 7.13. The summed E-state index contributed by atoms with van der Waals surface area (Å²) in [4.78, 5) is 12.3. The van der Waals surface area contributed by atoms with Gasteiger partial charge in [0.05, 0.1) is 5.92 Å². The minimum Gasteiger partial charge on any atom is -0.486 e. The van der Waals surface area contributed by atoms with E-state index in [9.17, 15) is 4.79 Å². The normalized spacial score (nSPS) is 25.1. The average molecular weight is 276 g/mol. The summed E-state index contributed by atoms with van der Waals surface area (Å²) >= 11 is 0. The van der Waals surface area contributed by atoms with E-state index >= 15 is 0 Å². The van der Waals surface area contributed by atoms with Crippen molar-refractivity contribution in [1.29, 1.82) is 0 Å². The molecule has 2 unspecified atom stereocenters. The molecule has 2 atom stereocenters. The lowest BCUT2D eigenvalue weighted by Gasteiger charge is -2.27. The highest BCUT2D eigenvalue weighted by molar-refractivity contribution is 5.93. The Balaban J connectivity index is 1.66. The highest BCUT2D eigenvalue weighted by Crippen LogP contribution is 2.32. The molecular formula is C15H20N2O3. The molecule has 0 aliphatic carbocycles. The molecule has 0 aromatic heterocycles. The molecule has 108 valence electrons. The molecule has 0 bridgehead atoms. The fraction of sp³-hybridized carbons (Fsp3) is 0.533. The summed E-state index contributed by atoms with van der Waals surface area (Å²) in [5.41, 5.74) is 0.762. The smallest absolute Gasteiger partial charge is 0.228 e. The third-order valence-electron chi connectivity index (χ3n) is 3.75. The number of carbonyl (C=O) groups is 1. The van der Waals surface area contributed by atoms with Crippen molar-refractivity contribution in [2.45, 2.75) is 13.3 Å². The van der Waals surface area contributed by atoms with Crippen LogP contribution in [0.5, 0.6) is 11.5 Å². The van der Waals surface area contributed by atoms with Gasteiger partial charge in [0.1, 0.15) is 13.2 Å². The van der Waals surface area contributed by atoms with Gasteiger partial charge >= 0.3 is 0 Å². The molecule has 1 aromatic carbocycles. The first kappa shape index (κ1) is 13.2. The van der Waals surface area contributed by atoms with Crippen LogP contribution < -0.4 is 20.1 Å². The Morgan fingerprint density at radius 1 is 1.25 bits per heavy atom. The molecule has 2 heterocycles. The zero-order chi connectivity index (χ0) is 13.9. The van der Waals surface area contributed by atoms with E-state index < -0.39 is 0 Å². The van der Waals surface area contributed by atoms with E-state index in [1.54, 1.807) is 0 Å². The van der Waals surface area contributed by atoms with Crippen molar-refractivity contribution in [3.05, 3.63) is 18.2 Å². The Kier molecular flexibility index (Phi) is 3.78. The van der Waals surface area contributed by atoms with Gasteiger partial charge in [-0.05, 0) is 31.0 Å². The lowest BCUT2D eigenvalue weighted by molar-refractivity contribution is -0.120. The monoisotopic (exact) mass is 276 g/mol. The van der Waals surface area contributed by atoms with Gasteiger partial charge in [-0.2, -0.15) is 0 Å². The molecule has 1 fully saturated rings. The number of fused-ring (bicyclic) bond motifs is 1. The fourth-order valence-corrected chi connectivity index (χ4v) is 2.72. The van der Waals surface area contributed by atoms with Crippen LogP contribution >= 0.6 is 0 Å². The summed E-state index contributed by atoms with van der Waals surface area (Å²) in [5.74, 6) is 2.08. The van der Waals surface area contributed by atoms with Gasteiger partial charge in [-0.3, -0.25) is 4.79 Å². The largest absolute Gasteiger partial charge is 0.486 e. The summed E-state index contributed by atoms with van der Waals surface area (Å²) in [6.07, 6.45) is 0.934. The van der Waals surface area contributed by atoms with Crippen LogP contribution in [0.4, 0.5) is 5.69 Å². The minimum absolute atomic E-state index is 0.0342. The molecule has 2 aliphatic heterocycles. The van der Waals surface area contributed by atoms with Gasteiger partial charge in [0.15, 0.2) is 11.5 Å². The Labute approximate surface area is 118 Å². The standard InChI is InChI=1S/C15H20N2O3/c1-10-6-11(9-16-8-10)15(18)17-12-2-3-13-14(7-12)20-5-4-19-13/h2-3,7,10-11,16H,4-6,8-9H2,1H3,(H,17,18). The van der Waals surface area contributed by atoms with Crippen molar-refractivity contribution in [3.63, 3.8) is 0 Å². The zero-order valence-corrected chi connectivity index (χ0v) is 11.6. The van der Waals surface area contributed by atoms with Gasteiger partial charge < -0.3 is 20.1 Å². The van der Waals surface area contributed by atoms with E-state index in [-0.39, 0.29) is 11.8 Å². The number of benzene rings is 1. The van der Waals surface area contributed by atoms with Crippen LogP contribution in [-0.2, 0) is 4.79 Å². The highest BCUT2D eigenvalue weighted by Gasteiger charge is 2.25. The number of piperidine rings is 1. The minimum atomic E-state index is 0.0342. The predicted octanol–water partition coefficient (Wildman–Crippen LogP) is 1.64. The SMILES string of the molecule is CC1CNCC(C(=O)Nc2ccc3c(c2)OCCO3)C1. The van der Waals surface area contributed by atoms with Crippen molar-refractivity contribution >= 4 is 11.6 Å². The van der Waals surface area contributed by atoms with E-state index in [1.807, 2.05) is 18.2 Å². The van der Waals surface area contributed by atoms with E-state index in [0.717, 1.165) is 30.9 Å². The fourth-order valence-electron chi connectivity index (χ4n) is 2.72. The average Bonchev–Trinajstić information content (AvgIpc) is 2.47. The molecule has 5 heteroatoms. The summed E-state index contributed by atoms with van der Waals surface area (Å²) in [5, 5.41) is 6.26. The quantitative estimate of drug-likeness (QED) is 0.862. The van der Waals surface area contributed by atoms with E-state index in [2.05, 4.69) is 17.6 Å². The zero-order valence-electron chi connectivity index (χ0n) is 11.6. The van der Waals surface area contributed by atoms with Gasteiger partial charge in [0.2, 0.25) is 5.91 Å². The lowest BCUT2D eigenvalue weighted by atomic mass is 9.91. The van der Waals surface area contributed by atoms with Gasteiger partial charge in [0.25, 0.3) is 0 Å². The van der Waals surface area contributed by atoms with Crippen molar-refractivity contribution in [1.82, 2.24) is 5.32 Å². The predicted molar refractivity (Wildman–Crippen MR) is 76.2 cm³/mol. The summed E-state index contributed by atoms with van der Waals surface area (Å²) < 4.78 is 11.0. The maximum atomic E-state index is 12.3. The molecule has 2 N–H and O–H groups in total. The first-order chi connectivity index (χ1) is 9.72. The van der Waals surface area contributed by atoms with Gasteiger partial charge in [-0.25, -0.2) is 0 Å². The Hall–Kier alpha value is -1.75. The number of anilines is 1. The highest BCUT2D eigenvalue weighted by atomic mass is 16.6. The van der Waals surface area contributed by atoms with E-state index in [1.165, 1.54) is 0 Å². The molecule has 20 heavy (non-hydrogen) atoms. The Bertz CT molecular complexity index is 504. The number of hydrogen-bond donors (Lipinski definition) is 2. The second kappa shape index (κ2) is 5.71. The van der Waals surface area contributed by atoms with Gasteiger partial charge in [0, 0.05) is 18.3 Å². The third kappa shape index (κ3) is 2.88. The molecule has 0 spiro atoms. The maximum absolute atomic E-state index is 12.3. The number of nitrogens with one attached hydrogen (secondary N) is 2. The van der Waals surface area contributed by atoms with Crippen LogP contribution in [0.3, 0.4) is 0 Å². The molecule has 2 aliphatic rings. The van der Waals surface area contributed by atoms with Crippen molar-refractivity contribution in [3.8, 4) is 11.5 Å². The van der Waals surface area contributed by atoms with E-state index in [4.69, 9.17) is 9.47 Å². The van der Waals surface area contributed by atoms with Crippen LogP contribution in [0, 0.1) is 11.8 Å². The molecular weight excluding hydrogens is 256 g/mol. The van der Waals surface area contributed by atoms with Crippen molar-refractivity contribution < 1.29 is 14.3 Å². The van der Waals surface area contributed by atoms with Crippen LogP contribution in [0.1, 0.15) is 13.3 Å². The lowest BCUT2D eigenvalue weighted by Crippen LogP contribution is -2.40.